The predicted octanol–water partition coefficient (Wildman–Crippen LogP) is -0.236. The predicted molar refractivity (Wildman–Crippen MR) is 53.7 cm³/mol. The van der Waals surface area contributed by atoms with Gasteiger partial charge in [0.15, 0.2) is 0 Å². The van der Waals surface area contributed by atoms with Crippen LogP contribution in [0.25, 0.3) is 0 Å². The smallest absolute Gasteiger partial charge is 0.367 e. The van der Waals surface area contributed by atoms with Crippen molar-refractivity contribution in [1.29, 1.82) is 0 Å². The van der Waals surface area contributed by atoms with Gasteiger partial charge in [-0.25, -0.2) is 0 Å². The quantitative estimate of drug-likeness (QED) is 0.211. The number of hydroxylamine groups is 1. The lowest BCUT2D eigenvalue weighted by molar-refractivity contribution is 0.280. The number of guanidine groups is 1. The van der Waals surface area contributed by atoms with Gasteiger partial charge in [-0.3, -0.25) is 0 Å². The van der Waals surface area contributed by atoms with Crippen molar-refractivity contribution in [2.75, 3.05) is 0 Å². The van der Waals surface area contributed by atoms with Gasteiger partial charge in [-0.15, -0.1) is 5.10 Å². The molecule has 1 rings (SSSR count). The molecule has 0 spiro atoms. The minimum absolute atomic E-state index is 0.135. The molecule has 0 amide bonds. The Balaban J connectivity index is 2.52. The van der Waals surface area contributed by atoms with Gasteiger partial charge in [-0.1, -0.05) is 18.2 Å². The summed E-state index contributed by atoms with van der Waals surface area (Å²) < 4.78 is 16.1. The summed E-state index contributed by atoms with van der Waals surface area (Å²) in [6.45, 7) is 0. The average molecular weight is 213 g/mol. The zero-order valence-electron chi connectivity index (χ0n) is 7.25. The van der Waals surface area contributed by atoms with Crippen LogP contribution in [0.15, 0.2) is 35.4 Å². The van der Waals surface area contributed by atoms with Crippen molar-refractivity contribution in [3.8, 4) is 0 Å². The van der Waals surface area contributed by atoms with Crippen LogP contribution in [0.3, 0.4) is 0 Å². The molecule has 0 heterocycles. The summed E-state index contributed by atoms with van der Waals surface area (Å²) in [5.74, 6) is 4.69. The van der Waals surface area contributed by atoms with Gasteiger partial charge in [0.05, 0.1) is 0 Å². The third-order valence-electron chi connectivity index (χ3n) is 1.34. The van der Waals surface area contributed by atoms with Crippen LogP contribution in [0.1, 0.15) is 0 Å². The summed E-state index contributed by atoms with van der Waals surface area (Å²) in [6, 6.07) is 8.68. The lowest BCUT2D eigenvalue weighted by Gasteiger charge is -1.93. The summed E-state index contributed by atoms with van der Waals surface area (Å²) in [5, 5.41) is 3.64. The number of hydrogen-bond acceptors (Lipinski definition) is 4. The Morgan fingerprint density at radius 1 is 1.43 bits per heavy atom. The molecule has 0 aliphatic heterocycles. The molecule has 0 aromatic heterocycles. The van der Waals surface area contributed by atoms with Crippen molar-refractivity contribution in [2.24, 2.45) is 16.7 Å². The van der Waals surface area contributed by atoms with Gasteiger partial charge in [0.2, 0.25) is 11.3 Å². The van der Waals surface area contributed by atoms with Gasteiger partial charge in [0.1, 0.15) is 0 Å². The molecule has 0 aliphatic carbocycles. The second-order valence-corrected chi connectivity index (χ2v) is 3.51. The van der Waals surface area contributed by atoms with Crippen LogP contribution in [-0.4, -0.2) is 5.96 Å². The first-order chi connectivity index (χ1) is 6.74. The van der Waals surface area contributed by atoms with E-state index in [-0.39, 0.29) is 5.96 Å². The highest BCUT2D eigenvalue weighted by Gasteiger charge is 2.22. The molecule has 5 N–H and O–H groups in total. The molecule has 0 bridgehead atoms. The molecule has 1 atom stereocenters. The highest BCUT2D eigenvalue weighted by Crippen LogP contribution is 2.18. The van der Waals surface area contributed by atoms with E-state index in [0.29, 0.717) is 5.30 Å². The Hall–Kier alpha value is -1.65. The maximum atomic E-state index is 11.4. The largest absolute Gasteiger partial charge is 0.572 e. The Morgan fingerprint density at radius 2 is 2.07 bits per heavy atom. The highest BCUT2D eigenvalue weighted by atomic mass is 31.1. The molecule has 0 aliphatic rings. The van der Waals surface area contributed by atoms with Crippen molar-refractivity contribution in [3.05, 3.63) is 30.3 Å². The monoisotopic (exact) mass is 213 g/mol. The summed E-state index contributed by atoms with van der Waals surface area (Å²) >= 11 is 0. The number of benzene rings is 1. The normalized spacial score (nSPS) is 12.3. The molecule has 74 valence electrons. The summed E-state index contributed by atoms with van der Waals surface area (Å²) in [7, 11) is -1.99. The van der Waals surface area contributed by atoms with Gasteiger partial charge < -0.3 is 11.6 Å². The van der Waals surface area contributed by atoms with Crippen molar-refractivity contribution >= 4 is 19.3 Å². The molecule has 7 heteroatoms. The van der Waals surface area contributed by atoms with Gasteiger partial charge >= 0.3 is 8.03 Å². The molecule has 0 saturated carbocycles. The van der Waals surface area contributed by atoms with Crippen LogP contribution < -0.4 is 22.4 Å². The summed E-state index contributed by atoms with van der Waals surface area (Å²) in [6.07, 6.45) is 0. The number of rotatable bonds is 3. The third-order valence-corrected chi connectivity index (χ3v) is 2.32. The molecule has 1 aromatic carbocycles. The minimum Gasteiger partial charge on any atom is -0.367 e. The lowest BCUT2D eigenvalue weighted by Crippen LogP contribution is -2.31. The van der Waals surface area contributed by atoms with Crippen LogP contribution >= 0.6 is 8.03 Å². The first kappa shape index (κ1) is 10.4. The van der Waals surface area contributed by atoms with Crippen LogP contribution in [0.2, 0.25) is 0 Å². The molecule has 1 unspecified atom stereocenters. The fourth-order valence-corrected chi connectivity index (χ4v) is 1.41. The third kappa shape index (κ3) is 3.01. The molecule has 0 fully saturated rings. The molecular formula is C7H10N4O2P+. The molecule has 0 saturated heterocycles. The molecular weight excluding hydrogens is 203 g/mol. The van der Waals surface area contributed by atoms with E-state index in [4.69, 9.17) is 16.2 Å². The second kappa shape index (κ2) is 5.16. The van der Waals surface area contributed by atoms with Crippen LogP contribution in [0, 0.1) is 0 Å². The highest BCUT2D eigenvalue weighted by molar-refractivity contribution is 7.48. The molecule has 14 heavy (non-hydrogen) atoms. The van der Waals surface area contributed by atoms with Crippen molar-refractivity contribution in [3.63, 3.8) is 0 Å². The van der Waals surface area contributed by atoms with E-state index in [1.807, 2.05) is 6.07 Å². The number of hydrogen-bond donors (Lipinski definition) is 3. The first-order valence-corrected chi connectivity index (χ1v) is 4.90. The van der Waals surface area contributed by atoms with E-state index < -0.39 is 8.03 Å². The minimum atomic E-state index is -1.99. The Bertz CT molecular complexity index is 341. The number of hydrazone groups is 1. The van der Waals surface area contributed by atoms with E-state index in [2.05, 4.69) is 10.6 Å². The van der Waals surface area contributed by atoms with E-state index in [0.717, 1.165) is 0 Å². The first-order valence-electron chi connectivity index (χ1n) is 3.72. The number of nitrogens with one attached hydrogen (secondary N) is 1. The Morgan fingerprint density at radius 3 is 2.64 bits per heavy atom. The van der Waals surface area contributed by atoms with Crippen LogP contribution in [0.4, 0.5) is 0 Å². The second-order valence-electron chi connectivity index (χ2n) is 2.30. The van der Waals surface area contributed by atoms with Crippen molar-refractivity contribution in [1.82, 2.24) is 5.48 Å². The maximum Gasteiger partial charge on any atom is 0.572 e. The summed E-state index contributed by atoms with van der Waals surface area (Å²) in [5.41, 5.74) is 7.31. The fourth-order valence-electron chi connectivity index (χ4n) is 0.717. The van der Waals surface area contributed by atoms with E-state index in [9.17, 15) is 4.57 Å². The zero-order valence-corrected chi connectivity index (χ0v) is 8.15. The SMILES string of the molecule is NN=C(N)NO[P+](=O)c1ccccc1. The van der Waals surface area contributed by atoms with E-state index in [1.54, 1.807) is 24.3 Å². The molecule has 1 aromatic rings. The Labute approximate surface area is 81.8 Å². The number of nitrogens with two attached hydrogens (primary N) is 2. The Kier molecular flexibility index (Phi) is 3.84. The van der Waals surface area contributed by atoms with Gasteiger partial charge in [0, 0.05) is 0 Å². The maximum absolute atomic E-state index is 11.4. The number of nitrogens with zero attached hydrogens (tertiary/aromatic N) is 1. The standard InChI is InChI=1S/C7H10N4O2P/c8-7(10-9)11-13-14(12)6-4-2-1-3-5-6/h1-5H,9H2,(H3,8,10,11)/q+1. The van der Waals surface area contributed by atoms with Crippen molar-refractivity contribution in [2.45, 2.75) is 0 Å². The van der Waals surface area contributed by atoms with Gasteiger partial charge in [-0.2, -0.15) is 5.48 Å². The van der Waals surface area contributed by atoms with Crippen molar-refractivity contribution < 1.29 is 9.19 Å². The van der Waals surface area contributed by atoms with Gasteiger partial charge in [-0.05, 0) is 21.3 Å². The van der Waals surface area contributed by atoms with Crippen LogP contribution in [0.5, 0.6) is 0 Å². The topological polar surface area (TPSA) is 103 Å². The molecule has 0 radical (unpaired) electrons. The molecule has 6 nitrogen and oxygen atoms in total. The lowest BCUT2D eigenvalue weighted by atomic mass is 10.4. The average Bonchev–Trinajstić information content (AvgIpc) is 2.26. The van der Waals surface area contributed by atoms with E-state index in [1.165, 1.54) is 0 Å². The summed E-state index contributed by atoms with van der Waals surface area (Å²) in [4.78, 5) is 0. The van der Waals surface area contributed by atoms with Crippen LogP contribution in [-0.2, 0) is 9.19 Å². The zero-order chi connectivity index (χ0) is 10.4. The fraction of sp³-hybridized carbons (Fsp3) is 0. The van der Waals surface area contributed by atoms with Gasteiger partial charge in [0.25, 0.3) is 0 Å². The van der Waals surface area contributed by atoms with E-state index >= 15 is 0 Å².